The molecular weight excluding hydrogens is 202 g/mol. The molecule has 0 aliphatic carbocycles. The van der Waals surface area contributed by atoms with Crippen LogP contribution in [0.1, 0.15) is 18.4 Å². The largest absolute Gasteiger partial charge is 0.411 e. The molecule has 4 nitrogen and oxygen atoms in total. The molecule has 1 aromatic heterocycles. The molecule has 0 amide bonds. The van der Waals surface area contributed by atoms with Gasteiger partial charge < -0.3 is 10.6 Å². The van der Waals surface area contributed by atoms with Crippen LogP contribution in [0.4, 0.5) is 0 Å². The molecule has 0 saturated carbocycles. The summed E-state index contributed by atoms with van der Waals surface area (Å²) in [6.07, 6.45) is 2.70. The second-order valence-corrected chi connectivity index (χ2v) is 3.22. The van der Waals surface area contributed by atoms with Crippen molar-refractivity contribution in [3.05, 3.63) is 29.0 Å². The zero-order valence-corrected chi connectivity index (χ0v) is 8.36. The molecule has 0 aliphatic heterocycles. The lowest BCUT2D eigenvalue weighted by molar-refractivity contribution is 0.322. The molecule has 1 aromatic rings. The molecule has 74 valence electrons. The van der Waals surface area contributed by atoms with Gasteiger partial charge in [-0.3, -0.25) is 0 Å². The van der Waals surface area contributed by atoms with Crippen LogP contribution >= 0.6 is 11.6 Å². The minimum Gasteiger partial charge on any atom is -0.411 e. The summed E-state index contributed by atoms with van der Waals surface area (Å²) in [6.45, 7) is 1.83. The van der Waals surface area contributed by atoms with Crippen molar-refractivity contribution in [3.8, 4) is 0 Å². The highest BCUT2D eigenvalue weighted by Crippen LogP contribution is 2.16. The number of halogens is 1. The lowest BCUT2D eigenvalue weighted by Crippen LogP contribution is -2.09. The van der Waals surface area contributed by atoms with Crippen molar-refractivity contribution in [3.63, 3.8) is 0 Å². The van der Waals surface area contributed by atoms with Gasteiger partial charge >= 0.3 is 0 Å². The molecule has 0 aliphatic rings. The summed E-state index contributed by atoms with van der Waals surface area (Å²) in [7, 11) is 0. The van der Waals surface area contributed by atoms with E-state index in [0.717, 1.165) is 11.8 Å². The van der Waals surface area contributed by atoms with Gasteiger partial charge in [0.1, 0.15) is 5.15 Å². The first-order chi connectivity index (χ1) is 6.65. The minimum atomic E-state index is -0.157. The predicted molar refractivity (Wildman–Crippen MR) is 55.7 cm³/mol. The predicted octanol–water partition coefficient (Wildman–Crippen LogP) is 2.32. The number of aromatic nitrogens is 1. The fourth-order valence-electron chi connectivity index (χ4n) is 0.997. The molecule has 0 spiro atoms. The van der Waals surface area contributed by atoms with Gasteiger partial charge in [0.05, 0.1) is 11.9 Å². The Balaban J connectivity index is 2.84. The molecule has 2 N–H and O–H groups in total. The summed E-state index contributed by atoms with van der Waals surface area (Å²) in [5, 5.41) is 19.0. The maximum Gasteiger partial charge on any atom is 0.129 e. The van der Waals surface area contributed by atoms with E-state index in [4.69, 9.17) is 22.2 Å². The average Bonchev–Trinajstić information content (AvgIpc) is 2.18. The normalized spacial score (nSPS) is 13.0. The van der Waals surface area contributed by atoms with Gasteiger partial charge in [-0.25, -0.2) is 4.98 Å². The second-order valence-electron chi connectivity index (χ2n) is 2.84. The lowest BCUT2D eigenvalue weighted by Gasteiger charge is -2.08. The van der Waals surface area contributed by atoms with Gasteiger partial charge in [0.25, 0.3) is 0 Å². The minimum absolute atomic E-state index is 0.157. The summed E-state index contributed by atoms with van der Waals surface area (Å²) >= 11 is 5.63. The third-order valence-corrected chi connectivity index (χ3v) is 2.14. The van der Waals surface area contributed by atoms with Crippen LogP contribution in [0.5, 0.6) is 0 Å². The van der Waals surface area contributed by atoms with Crippen LogP contribution in [-0.4, -0.2) is 22.1 Å². The van der Waals surface area contributed by atoms with Gasteiger partial charge in [-0.1, -0.05) is 29.7 Å². The van der Waals surface area contributed by atoms with Gasteiger partial charge in [0.15, 0.2) is 0 Å². The monoisotopic (exact) mass is 211 g/mol. The highest BCUT2D eigenvalue weighted by atomic mass is 35.5. The van der Waals surface area contributed by atoms with Crippen LogP contribution in [-0.2, 0) is 0 Å². The zero-order chi connectivity index (χ0) is 10.6. The van der Waals surface area contributed by atoms with Gasteiger partial charge in [-0.15, -0.1) is 0 Å². The third-order valence-electron chi connectivity index (χ3n) is 1.91. The molecule has 1 heterocycles. The second kappa shape index (κ2) is 4.72. The van der Waals surface area contributed by atoms with Crippen molar-refractivity contribution in [1.29, 1.82) is 5.41 Å². The SMILES string of the molecule is CC(C(=N)C=NO)c1ccc(Cl)nc1. The van der Waals surface area contributed by atoms with Gasteiger partial charge in [0.2, 0.25) is 0 Å². The highest BCUT2D eigenvalue weighted by molar-refractivity contribution is 6.31. The maximum atomic E-state index is 8.27. The first kappa shape index (κ1) is 10.7. The van der Waals surface area contributed by atoms with Crippen molar-refractivity contribution in [2.75, 3.05) is 0 Å². The lowest BCUT2D eigenvalue weighted by atomic mass is 9.98. The molecule has 0 aromatic carbocycles. The van der Waals surface area contributed by atoms with E-state index < -0.39 is 0 Å². The topological polar surface area (TPSA) is 69.3 Å². The zero-order valence-electron chi connectivity index (χ0n) is 7.61. The molecule has 0 saturated heterocycles. The van der Waals surface area contributed by atoms with Crippen molar-refractivity contribution in [1.82, 2.24) is 4.98 Å². The summed E-state index contributed by atoms with van der Waals surface area (Å²) in [5.41, 5.74) is 1.08. The first-order valence-corrected chi connectivity index (χ1v) is 4.40. The fraction of sp³-hybridized carbons (Fsp3) is 0.222. The Morgan fingerprint density at radius 3 is 2.93 bits per heavy atom. The van der Waals surface area contributed by atoms with E-state index in [-0.39, 0.29) is 11.6 Å². The Morgan fingerprint density at radius 2 is 2.43 bits per heavy atom. The van der Waals surface area contributed by atoms with Crippen LogP contribution in [0, 0.1) is 5.41 Å². The Labute approximate surface area is 86.7 Å². The van der Waals surface area contributed by atoms with Crippen molar-refractivity contribution >= 4 is 23.5 Å². The smallest absolute Gasteiger partial charge is 0.129 e. The van der Waals surface area contributed by atoms with Gasteiger partial charge in [-0.05, 0) is 11.6 Å². The summed E-state index contributed by atoms with van der Waals surface area (Å²) in [4.78, 5) is 3.90. The standard InChI is InChI=1S/C9H10ClN3O/c1-6(8(11)5-13-14)7-2-3-9(10)12-4-7/h2-6,11,14H,1H3. The van der Waals surface area contributed by atoms with Crippen LogP contribution < -0.4 is 0 Å². The van der Waals surface area contributed by atoms with Crippen LogP contribution in [0.25, 0.3) is 0 Å². The van der Waals surface area contributed by atoms with E-state index in [1.807, 2.05) is 6.92 Å². The quantitative estimate of drug-likeness (QED) is 0.349. The van der Waals surface area contributed by atoms with Crippen molar-refractivity contribution in [2.24, 2.45) is 5.16 Å². The number of hydrogen-bond donors (Lipinski definition) is 2. The Bertz CT molecular complexity index is 348. The summed E-state index contributed by atoms with van der Waals surface area (Å²) in [6, 6.07) is 3.45. The molecule has 1 rings (SSSR count). The van der Waals surface area contributed by atoms with Crippen molar-refractivity contribution < 1.29 is 5.21 Å². The van der Waals surface area contributed by atoms with E-state index in [0.29, 0.717) is 5.15 Å². The van der Waals surface area contributed by atoms with E-state index in [1.165, 1.54) is 0 Å². The van der Waals surface area contributed by atoms with Gasteiger partial charge in [-0.2, -0.15) is 0 Å². The van der Waals surface area contributed by atoms with Gasteiger partial charge in [0, 0.05) is 12.1 Å². The highest BCUT2D eigenvalue weighted by Gasteiger charge is 2.09. The number of pyridine rings is 1. The van der Waals surface area contributed by atoms with Crippen molar-refractivity contribution in [2.45, 2.75) is 12.8 Å². The Kier molecular flexibility index (Phi) is 3.59. The Hall–Kier alpha value is -1.42. The van der Waals surface area contributed by atoms with E-state index in [1.54, 1.807) is 18.3 Å². The number of oxime groups is 1. The van der Waals surface area contributed by atoms with E-state index in [2.05, 4.69) is 10.1 Å². The van der Waals surface area contributed by atoms with Crippen LogP contribution in [0.3, 0.4) is 0 Å². The summed E-state index contributed by atoms with van der Waals surface area (Å²) in [5.74, 6) is -0.157. The third kappa shape index (κ3) is 2.53. The molecule has 0 radical (unpaired) electrons. The van der Waals surface area contributed by atoms with Crippen LogP contribution in [0.15, 0.2) is 23.5 Å². The first-order valence-electron chi connectivity index (χ1n) is 4.02. The molecule has 0 fully saturated rings. The molecule has 5 heteroatoms. The summed E-state index contributed by atoms with van der Waals surface area (Å²) < 4.78 is 0. The number of hydrogen-bond acceptors (Lipinski definition) is 4. The molecule has 1 unspecified atom stereocenters. The van der Waals surface area contributed by atoms with Crippen LogP contribution in [0.2, 0.25) is 5.15 Å². The molecule has 1 atom stereocenters. The number of nitrogens with zero attached hydrogens (tertiary/aromatic N) is 2. The Morgan fingerprint density at radius 1 is 1.71 bits per heavy atom. The van der Waals surface area contributed by atoms with E-state index in [9.17, 15) is 0 Å². The fourth-order valence-corrected chi connectivity index (χ4v) is 1.11. The number of nitrogens with one attached hydrogen (secondary N) is 1. The van der Waals surface area contributed by atoms with E-state index >= 15 is 0 Å². The molecular formula is C9H10ClN3O. The average molecular weight is 212 g/mol. The molecule has 0 bridgehead atoms. The maximum absolute atomic E-state index is 8.27. The molecule has 14 heavy (non-hydrogen) atoms. The number of rotatable bonds is 3.